The van der Waals surface area contributed by atoms with E-state index in [1.807, 2.05) is 0 Å². The van der Waals surface area contributed by atoms with E-state index >= 15 is 0 Å². The summed E-state index contributed by atoms with van der Waals surface area (Å²) in [6.45, 7) is 4.10. The third-order valence-electron chi connectivity index (χ3n) is 4.41. The minimum atomic E-state index is -0.379. The summed E-state index contributed by atoms with van der Waals surface area (Å²) < 4.78 is 10.7. The van der Waals surface area contributed by atoms with Gasteiger partial charge in [0.05, 0.1) is 12.2 Å². The first kappa shape index (κ1) is 19.7. The maximum absolute atomic E-state index is 12.5. The summed E-state index contributed by atoms with van der Waals surface area (Å²) in [6, 6.07) is 6.86. The molecule has 1 amide bonds. The maximum Gasteiger partial charge on any atom is 0.341 e. The van der Waals surface area contributed by atoms with E-state index in [0.717, 1.165) is 29.7 Å². The van der Waals surface area contributed by atoms with Crippen molar-refractivity contribution < 1.29 is 19.1 Å². The fraction of sp³-hybridized carbons (Fsp3) is 0.400. The van der Waals surface area contributed by atoms with E-state index in [-0.39, 0.29) is 18.5 Å². The van der Waals surface area contributed by atoms with Gasteiger partial charge in [0, 0.05) is 9.90 Å². The molecule has 0 aliphatic heterocycles. The van der Waals surface area contributed by atoms with Crippen molar-refractivity contribution in [2.24, 2.45) is 5.92 Å². The number of hydrogen-bond acceptors (Lipinski definition) is 5. The minimum absolute atomic E-state index is 0.165. The van der Waals surface area contributed by atoms with Crippen molar-refractivity contribution in [1.29, 1.82) is 0 Å². The molecule has 144 valence electrons. The number of carbonyl (C=O) groups excluding carboxylic acids is 2. The van der Waals surface area contributed by atoms with Gasteiger partial charge in [-0.25, -0.2) is 4.79 Å². The topological polar surface area (TPSA) is 64.6 Å². The van der Waals surface area contributed by atoms with E-state index in [1.165, 1.54) is 11.3 Å². The molecule has 0 radical (unpaired) electrons. The molecule has 7 heteroatoms. The number of benzene rings is 1. The number of hydrogen-bond donors (Lipinski definition) is 1. The Morgan fingerprint density at radius 3 is 2.93 bits per heavy atom. The lowest BCUT2D eigenvalue weighted by molar-refractivity contribution is -0.118. The zero-order chi connectivity index (χ0) is 19.4. The molecule has 3 rings (SSSR count). The number of halogens is 1. The molecular weight excluding hydrogens is 386 g/mol. The fourth-order valence-electron chi connectivity index (χ4n) is 3.13. The summed E-state index contributed by atoms with van der Waals surface area (Å²) in [7, 11) is 0. The molecular formula is C20H22ClNO4S. The van der Waals surface area contributed by atoms with Gasteiger partial charge in [-0.1, -0.05) is 24.6 Å². The van der Waals surface area contributed by atoms with Crippen LogP contribution in [0.25, 0.3) is 0 Å². The lowest BCUT2D eigenvalue weighted by Crippen LogP contribution is -2.21. The maximum atomic E-state index is 12.5. The van der Waals surface area contributed by atoms with Gasteiger partial charge in [0.2, 0.25) is 0 Å². The number of anilines is 1. The number of esters is 1. The first-order valence-corrected chi connectivity index (χ1v) is 10.2. The largest absolute Gasteiger partial charge is 0.484 e. The molecule has 1 heterocycles. The fourth-order valence-corrected chi connectivity index (χ4v) is 4.72. The molecule has 1 aromatic heterocycles. The summed E-state index contributed by atoms with van der Waals surface area (Å²) in [5.41, 5.74) is 1.52. The van der Waals surface area contributed by atoms with Gasteiger partial charge >= 0.3 is 5.97 Å². The van der Waals surface area contributed by atoms with Gasteiger partial charge in [0.1, 0.15) is 10.8 Å². The third-order valence-corrected chi connectivity index (χ3v) is 5.82. The van der Waals surface area contributed by atoms with Gasteiger partial charge in [-0.05, 0) is 55.9 Å². The van der Waals surface area contributed by atoms with Crippen LogP contribution in [0.4, 0.5) is 5.00 Å². The molecule has 1 atom stereocenters. The van der Waals surface area contributed by atoms with Crippen LogP contribution < -0.4 is 10.1 Å². The highest BCUT2D eigenvalue weighted by Gasteiger charge is 2.29. The molecule has 0 spiro atoms. The minimum Gasteiger partial charge on any atom is -0.484 e. The summed E-state index contributed by atoms with van der Waals surface area (Å²) in [4.78, 5) is 26.0. The molecule has 1 N–H and O–H groups in total. The summed E-state index contributed by atoms with van der Waals surface area (Å²) in [5.74, 6) is 0.381. The van der Waals surface area contributed by atoms with E-state index in [9.17, 15) is 9.59 Å². The van der Waals surface area contributed by atoms with Crippen LogP contribution in [-0.4, -0.2) is 25.1 Å². The normalized spacial score (nSPS) is 15.7. The van der Waals surface area contributed by atoms with Gasteiger partial charge < -0.3 is 14.8 Å². The number of rotatable bonds is 6. The Balaban J connectivity index is 1.75. The lowest BCUT2D eigenvalue weighted by atomic mass is 9.88. The summed E-state index contributed by atoms with van der Waals surface area (Å²) in [5, 5.41) is 3.92. The van der Waals surface area contributed by atoms with Crippen molar-refractivity contribution in [2.45, 2.75) is 33.1 Å². The number of fused-ring (bicyclic) bond motifs is 1. The molecule has 27 heavy (non-hydrogen) atoms. The van der Waals surface area contributed by atoms with Crippen molar-refractivity contribution in [3.8, 4) is 5.75 Å². The van der Waals surface area contributed by atoms with Crippen LogP contribution in [-0.2, 0) is 22.4 Å². The van der Waals surface area contributed by atoms with E-state index in [1.54, 1.807) is 31.2 Å². The Bertz CT molecular complexity index is 849. The van der Waals surface area contributed by atoms with Crippen molar-refractivity contribution >= 4 is 39.8 Å². The Hall–Kier alpha value is -2.05. The zero-order valence-electron chi connectivity index (χ0n) is 15.3. The third kappa shape index (κ3) is 4.82. The lowest BCUT2D eigenvalue weighted by Gasteiger charge is -2.18. The molecule has 1 aromatic carbocycles. The highest BCUT2D eigenvalue weighted by Crippen LogP contribution is 2.40. The van der Waals surface area contributed by atoms with Crippen LogP contribution in [0.1, 0.15) is 41.1 Å². The Kier molecular flexibility index (Phi) is 6.39. The van der Waals surface area contributed by atoms with Crippen LogP contribution in [0.15, 0.2) is 24.3 Å². The first-order chi connectivity index (χ1) is 13.0. The summed E-state index contributed by atoms with van der Waals surface area (Å²) >= 11 is 7.38. The van der Waals surface area contributed by atoms with Crippen LogP contribution in [0.3, 0.4) is 0 Å². The zero-order valence-corrected chi connectivity index (χ0v) is 16.9. The molecule has 0 saturated heterocycles. The van der Waals surface area contributed by atoms with Crippen molar-refractivity contribution in [1.82, 2.24) is 0 Å². The summed E-state index contributed by atoms with van der Waals surface area (Å²) in [6.07, 6.45) is 2.78. The predicted octanol–water partition coefficient (Wildman–Crippen LogP) is 4.72. The highest BCUT2D eigenvalue weighted by molar-refractivity contribution is 7.17. The molecule has 2 aromatic rings. The number of ether oxygens (including phenoxy) is 2. The average Bonchev–Trinajstić information content (AvgIpc) is 2.97. The van der Waals surface area contributed by atoms with Crippen molar-refractivity contribution in [2.75, 3.05) is 18.5 Å². The SMILES string of the molecule is CCOC(=O)c1c(NC(=O)COc2cccc(Cl)c2)sc2c1CC[C@@H](C)C2. The van der Waals surface area contributed by atoms with Gasteiger partial charge in [0.15, 0.2) is 6.61 Å². The molecule has 1 aliphatic carbocycles. The second-order valence-corrected chi connectivity index (χ2v) is 8.11. The van der Waals surface area contributed by atoms with Gasteiger partial charge in [0.25, 0.3) is 5.91 Å². The van der Waals surface area contributed by atoms with Crippen molar-refractivity contribution in [3.05, 3.63) is 45.3 Å². The van der Waals surface area contributed by atoms with E-state index in [0.29, 0.717) is 33.9 Å². The molecule has 0 bridgehead atoms. The Labute approximate surface area is 167 Å². The standard InChI is InChI=1S/C20H22ClNO4S/c1-3-25-20(24)18-15-8-7-12(2)9-16(15)27-19(18)22-17(23)11-26-14-6-4-5-13(21)10-14/h4-6,10,12H,3,7-9,11H2,1-2H3,(H,22,23)/t12-/m1/s1. The van der Waals surface area contributed by atoms with Gasteiger partial charge in [-0.2, -0.15) is 0 Å². The van der Waals surface area contributed by atoms with Crippen LogP contribution in [0.5, 0.6) is 5.75 Å². The molecule has 0 fully saturated rings. The predicted molar refractivity (Wildman–Crippen MR) is 107 cm³/mol. The average molecular weight is 408 g/mol. The Morgan fingerprint density at radius 2 is 2.19 bits per heavy atom. The molecule has 0 saturated carbocycles. The van der Waals surface area contributed by atoms with Crippen LogP contribution in [0, 0.1) is 5.92 Å². The van der Waals surface area contributed by atoms with E-state index in [4.69, 9.17) is 21.1 Å². The number of amides is 1. The van der Waals surface area contributed by atoms with Gasteiger partial charge in [-0.3, -0.25) is 4.79 Å². The van der Waals surface area contributed by atoms with Gasteiger partial charge in [-0.15, -0.1) is 11.3 Å². The first-order valence-electron chi connectivity index (χ1n) is 8.97. The van der Waals surface area contributed by atoms with Crippen molar-refractivity contribution in [3.63, 3.8) is 0 Å². The molecule has 5 nitrogen and oxygen atoms in total. The number of carbonyl (C=O) groups is 2. The molecule has 1 aliphatic rings. The van der Waals surface area contributed by atoms with E-state index in [2.05, 4.69) is 12.2 Å². The monoisotopic (exact) mass is 407 g/mol. The van der Waals surface area contributed by atoms with Crippen LogP contribution in [0.2, 0.25) is 5.02 Å². The Morgan fingerprint density at radius 1 is 1.37 bits per heavy atom. The highest BCUT2D eigenvalue weighted by atomic mass is 35.5. The molecule has 0 unspecified atom stereocenters. The second kappa shape index (κ2) is 8.76. The number of thiophene rings is 1. The quantitative estimate of drug-likeness (QED) is 0.703. The van der Waals surface area contributed by atoms with E-state index < -0.39 is 0 Å². The van der Waals surface area contributed by atoms with Crippen LogP contribution >= 0.6 is 22.9 Å². The second-order valence-electron chi connectivity index (χ2n) is 6.57. The smallest absolute Gasteiger partial charge is 0.341 e. The number of nitrogens with one attached hydrogen (secondary N) is 1.